The van der Waals surface area contributed by atoms with Crippen LogP contribution in [0.3, 0.4) is 0 Å². The highest BCUT2D eigenvalue weighted by Crippen LogP contribution is 2.19. The van der Waals surface area contributed by atoms with E-state index in [0.717, 1.165) is 64.0 Å². The maximum absolute atomic E-state index is 13.1. The van der Waals surface area contributed by atoms with Crippen LogP contribution < -0.4 is 15.5 Å². The van der Waals surface area contributed by atoms with Crippen molar-refractivity contribution in [1.82, 2.24) is 20.4 Å². The second-order valence-corrected chi connectivity index (χ2v) is 8.58. The number of anilines is 1. The average molecular weight is 405 g/mol. The van der Waals surface area contributed by atoms with Crippen molar-refractivity contribution in [2.24, 2.45) is 10.9 Å². The molecule has 0 radical (unpaired) electrons. The third-order valence-electron chi connectivity index (χ3n) is 6.20. The number of rotatable bonds is 6. The smallest absolute Gasteiger partial charge is 0.191 e. The summed E-state index contributed by atoms with van der Waals surface area (Å²) in [5.41, 5.74) is 1.11. The number of nitrogens with zero attached hydrogens (tertiary/aromatic N) is 4. The van der Waals surface area contributed by atoms with Crippen LogP contribution in [-0.2, 0) is 0 Å². The Kier molecular flexibility index (Phi) is 7.72. The lowest BCUT2D eigenvalue weighted by atomic mass is 10.1. The normalized spacial score (nSPS) is 24.3. The van der Waals surface area contributed by atoms with Crippen LogP contribution in [0.5, 0.6) is 0 Å². The fraction of sp³-hybridized carbons (Fsp3) is 0.682. The molecule has 2 atom stereocenters. The van der Waals surface area contributed by atoms with Gasteiger partial charge >= 0.3 is 0 Å². The third kappa shape index (κ3) is 6.06. The number of guanidine groups is 1. The molecule has 29 heavy (non-hydrogen) atoms. The Hall–Kier alpha value is -1.86. The van der Waals surface area contributed by atoms with Gasteiger partial charge in [-0.2, -0.15) is 0 Å². The van der Waals surface area contributed by atoms with Crippen LogP contribution in [0.4, 0.5) is 10.1 Å². The van der Waals surface area contributed by atoms with Crippen LogP contribution in [0.15, 0.2) is 29.3 Å². The van der Waals surface area contributed by atoms with Crippen molar-refractivity contribution in [2.45, 2.75) is 32.9 Å². The van der Waals surface area contributed by atoms with E-state index in [1.807, 2.05) is 19.2 Å². The van der Waals surface area contributed by atoms with Crippen molar-refractivity contribution in [1.29, 1.82) is 0 Å². The molecule has 0 bridgehead atoms. The molecule has 2 unspecified atom stereocenters. The zero-order valence-electron chi connectivity index (χ0n) is 18.4. The van der Waals surface area contributed by atoms with Gasteiger partial charge in [-0.15, -0.1) is 0 Å². The van der Waals surface area contributed by atoms with Gasteiger partial charge in [0.1, 0.15) is 5.82 Å². The number of nitrogens with one attached hydrogen (secondary N) is 2. The number of benzene rings is 1. The molecule has 6 nitrogen and oxygen atoms in total. The summed E-state index contributed by atoms with van der Waals surface area (Å²) in [5, 5.41) is 7.09. The molecule has 0 aliphatic carbocycles. The molecular formula is C22H37FN6. The number of likely N-dealkylation sites (tertiary alicyclic amines) is 1. The van der Waals surface area contributed by atoms with Gasteiger partial charge < -0.3 is 15.5 Å². The predicted octanol–water partition coefficient (Wildman–Crippen LogP) is 1.84. The van der Waals surface area contributed by atoms with Gasteiger partial charge in [0.05, 0.1) is 0 Å². The molecule has 0 saturated carbocycles. The maximum atomic E-state index is 13.1. The molecule has 3 rings (SSSR count). The first-order chi connectivity index (χ1) is 14.0. The Labute approximate surface area is 175 Å². The fourth-order valence-corrected chi connectivity index (χ4v) is 4.20. The Morgan fingerprint density at radius 2 is 1.83 bits per heavy atom. The molecule has 2 aliphatic heterocycles. The molecule has 0 spiro atoms. The minimum atomic E-state index is -0.177. The van der Waals surface area contributed by atoms with Crippen molar-refractivity contribution in [3.8, 4) is 0 Å². The molecule has 2 heterocycles. The van der Waals surface area contributed by atoms with Crippen molar-refractivity contribution in [3.05, 3.63) is 30.1 Å². The van der Waals surface area contributed by atoms with Crippen molar-refractivity contribution >= 4 is 11.6 Å². The van der Waals surface area contributed by atoms with E-state index in [-0.39, 0.29) is 5.82 Å². The molecule has 2 aliphatic rings. The summed E-state index contributed by atoms with van der Waals surface area (Å²) in [4.78, 5) is 11.7. The topological polar surface area (TPSA) is 46.1 Å². The van der Waals surface area contributed by atoms with Crippen LogP contribution in [0.2, 0.25) is 0 Å². The highest BCUT2D eigenvalue weighted by Gasteiger charge is 2.31. The Bertz CT molecular complexity index is 654. The molecule has 1 aromatic rings. The summed E-state index contributed by atoms with van der Waals surface area (Å²) in [5.74, 6) is 1.34. The summed E-state index contributed by atoms with van der Waals surface area (Å²) >= 11 is 0. The van der Waals surface area contributed by atoms with Crippen molar-refractivity contribution in [3.63, 3.8) is 0 Å². The summed E-state index contributed by atoms with van der Waals surface area (Å²) in [6, 6.07) is 7.85. The number of hydrogen-bond donors (Lipinski definition) is 2. The maximum Gasteiger partial charge on any atom is 0.191 e. The van der Waals surface area contributed by atoms with Crippen molar-refractivity contribution in [2.75, 3.05) is 64.3 Å². The first-order valence-corrected chi connectivity index (χ1v) is 10.9. The van der Waals surface area contributed by atoms with E-state index in [1.165, 1.54) is 12.1 Å². The zero-order chi connectivity index (χ0) is 20.8. The van der Waals surface area contributed by atoms with E-state index in [9.17, 15) is 4.39 Å². The van der Waals surface area contributed by atoms with Crippen LogP contribution in [0, 0.1) is 11.7 Å². The Balaban J connectivity index is 1.37. The van der Waals surface area contributed by atoms with Gasteiger partial charge in [0, 0.05) is 77.2 Å². The van der Waals surface area contributed by atoms with Crippen LogP contribution in [-0.4, -0.2) is 87.2 Å². The van der Waals surface area contributed by atoms with Crippen molar-refractivity contribution < 1.29 is 4.39 Å². The number of halogens is 1. The molecule has 7 heteroatoms. The van der Waals surface area contributed by atoms with Crippen LogP contribution in [0.25, 0.3) is 0 Å². The van der Waals surface area contributed by atoms with E-state index in [0.29, 0.717) is 18.0 Å². The van der Waals surface area contributed by atoms with E-state index in [1.54, 1.807) is 0 Å². The second kappa shape index (κ2) is 10.3. The fourth-order valence-electron chi connectivity index (χ4n) is 4.20. The van der Waals surface area contributed by atoms with Crippen LogP contribution in [0.1, 0.15) is 20.8 Å². The van der Waals surface area contributed by atoms with Gasteiger partial charge in [0.2, 0.25) is 0 Å². The molecule has 2 N–H and O–H groups in total. The molecule has 162 valence electrons. The minimum Gasteiger partial charge on any atom is -0.369 e. The van der Waals surface area contributed by atoms with E-state index in [4.69, 9.17) is 0 Å². The SMILES string of the molecule is CN=C(NCCN1CCN(c2ccc(F)cc2)CC1)NC1CN(C(C)C)CC1C. The predicted molar refractivity (Wildman–Crippen MR) is 119 cm³/mol. The van der Waals surface area contributed by atoms with E-state index < -0.39 is 0 Å². The summed E-state index contributed by atoms with van der Waals surface area (Å²) in [7, 11) is 1.84. The van der Waals surface area contributed by atoms with Gasteiger partial charge in [-0.25, -0.2) is 4.39 Å². The molecule has 2 saturated heterocycles. The average Bonchev–Trinajstić information content (AvgIpc) is 3.09. The lowest BCUT2D eigenvalue weighted by Gasteiger charge is -2.36. The van der Waals surface area contributed by atoms with Gasteiger partial charge in [-0.05, 0) is 44.0 Å². The number of aliphatic imine (C=N–C) groups is 1. The van der Waals surface area contributed by atoms with E-state index in [2.05, 4.69) is 51.1 Å². The molecule has 2 fully saturated rings. The largest absolute Gasteiger partial charge is 0.369 e. The standard InChI is InChI=1S/C22H37FN6/c1-17(2)29-15-18(3)21(16-29)26-22(24-4)25-9-10-27-11-13-28(14-12-27)20-7-5-19(23)6-8-20/h5-8,17-18,21H,9-16H2,1-4H3,(H2,24,25,26). The highest BCUT2D eigenvalue weighted by atomic mass is 19.1. The third-order valence-corrected chi connectivity index (χ3v) is 6.20. The monoisotopic (exact) mass is 404 g/mol. The number of hydrogen-bond acceptors (Lipinski definition) is 4. The highest BCUT2D eigenvalue weighted by molar-refractivity contribution is 5.80. The van der Waals surface area contributed by atoms with Gasteiger partial charge in [0.25, 0.3) is 0 Å². The minimum absolute atomic E-state index is 0.177. The zero-order valence-corrected chi connectivity index (χ0v) is 18.4. The molecular weight excluding hydrogens is 367 g/mol. The quantitative estimate of drug-likeness (QED) is 0.560. The Morgan fingerprint density at radius 3 is 2.41 bits per heavy atom. The number of piperazine rings is 1. The lowest BCUT2D eigenvalue weighted by Crippen LogP contribution is -2.51. The van der Waals surface area contributed by atoms with Gasteiger partial charge in [-0.3, -0.25) is 14.8 Å². The van der Waals surface area contributed by atoms with Gasteiger partial charge in [0.15, 0.2) is 5.96 Å². The van der Waals surface area contributed by atoms with Gasteiger partial charge in [-0.1, -0.05) is 6.92 Å². The van der Waals surface area contributed by atoms with E-state index >= 15 is 0 Å². The summed E-state index contributed by atoms with van der Waals surface area (Å²) < 4.78 is 13.1. The Morgan fingerprint density at radius 1 is 1.14 bits per heavy atom. The molecule has 0 amide bonds. The molecule has 1 aromatic carbocycles. The second-order valence-electron chi connectivity index (χ2n) is 8.58. The molecule has 0 aromatic heterocycles. The lowest BCUT2D eigenvalue weighted by molar-refractivity contribution is 0.261. The summed E-state index contributed by atoms with van der Waals surface area (Å²) in [6.07, 6.45) is 0. The first kappa shape index (κ1) is 21.8. The summed E-state index contributed by atoms with van der Waals surface area (Å²) in [6.45, 7) is 14.9. The van der Waals surface area contributed by atoms with Crippen LogP contribution >= 0.6 is 0 Å². The first-order valence-electron chi connectivity index (χ1n) is 10.9.